The zero-order valence-corrected chi connectivity index (χ0v) is 6.69. The third-order valence-electron chi connectivity index (χ3n) is 1.62. The predicted octanol–water partition coefficient (Wildman–Crippen LogP) is 3.39. The van der Waals surface area contributed by atoms with Gasteiger partial charge in [0.15, 0.2) is 0 Å². The van der Waals surface area contributed by atoms with Gasteiger partial charge in [-0.3, -0.25) is 0 Å². The fraction of sp³-hybridized carbons (Fsp3) is 0.778. The largest absolute Gasteiger partial charge is 0.103 e. The van der Waals surface area contributed by atoms with Crippen molar-refractivity contribution in [1.29, 1.82) is 0 Å². The lowest BCUT2D eigenvalue weighted by molar-refractivity contribution is 0.512. The van der Waals surface area contributed by atoms with Crippen LogP contribution in [0.25, 0.3) is 0 Å². The molecule has 0 heteroatoms. The summed E-state index contributed by atoms with van der Waals surface area (Å²) >= 11 is 0. The molecule has 0 unspecified atom stereocenters. The first-order valence-electron chi connectivity index (χ1n) is 3.92. The van der Waals surface area contributed by atoms with Crippen molar-refractivity contribution in [2.45, 2.75) is 39.5 Å². The second-order valence-corrected chi connectivity index (χ2v) is 2.77. The topological polar surface area (TPSA) is 0 Å². The predicted molar refractivity (Wildman–Crippen MR) is 43.5 cm³/mol. The highest BCUT2D eigenvalue weighted by molar-refractivity contribution is 4.69. The SMILES string of the molecule is C=CC[C@H](C)CCCC. The Kier molecular flexibility index (Phi) is 5.70. The summed E-state index contributed by atoms with van der Waals surface area (Å²) < 4.78 is 0. The molecule has 0 rings (SSSR count). The van der Waals surface area contributed by atoms with Crippen LogP contribution >= 0.6 is 0 Å². The second kappa shape index (κ2) is 5.87. The van der Waals surface area contributed by atoms with E-state index in [4.69, 9.17) is 0 Å². The molecule has 0 aromatic rings. The third kappa shape index (κ3) is 5.61. The van der Waals surface area contributed by atoms with Crippen molar-refractivity contribution in [1.82, 2.24) is 0 Å². The van der Waals surface area contributed by atoms with Crippen molar-refractivity contribution in [2.75, 3.05) is 0 Å². The number of allylic oxidation sites excluding steroid dienone is 1. The number of hydrogen-bond donors (Lipinski definition) is 0. The van der Waals surface area contributed by atoms with Gasteiger partial charge in [-0.25, -0.2) is 0 Å². The van der Waals surface area contributed by atoms with Crippen LogP contribution < -0.4 is 0 Å². The first-order valence-corrected chi connectivity index (χ1v) is 3.92. The van der Waals surface area contributed by atoms with Gasteiger partial charge in [0.25, 0.3) is 0 Å². The quantitative estimate of drug-likeness (QED) is 0.495. The highest BCUT2D eigenvalue weighted by atomic mass is 14.0. The van der Waals surface area contributed by atoms with Crippen molar-refractivity contribution in [2.24, 2.45) is 5.92 Å². The lowest BCUT2D eigenvalue weighted by atomic mass is 10.0. The average Bonchev–Trinajstić information content (AvgIpc) is 1.85. The Hall–Kier alpha value is -0.260. The molecule has 0 aliphatic heterocycles. The van der Waals surface area contributed by atoms with E-state index in [0.29, 0.717) is 0 Å². The Morgan fingerprint density at radius 3 is 2.67 bits per heavy atom. The molecule has 0 amide bonds. The molecule has 9 heavy (non-hydrogen) atoms. The summed E-state index contributed by atoms with van der Waals surface area (Å²) in [6.45, 7) is 8.23. The molecule has 0 aliphatic rings. The maximum absolute atomic E-state index is 3.71. The summed E-state index contributed by atoms with van der Waals surface area (Å²) in [5.74, 6) is 0.849. The molecule has 0 aliphatic carbocycles. The molecule has 0 spiro atoms. The summed E-state index contributed by atoms with van der Waals surface area (Å²) in [5, 5.41) is 0. The highest BCUT2D eigenvalue weighted by Crippen LogP contribution is 2.11. The molecule has 0 bridgehead atoms. The third-order valence-corrected chi connectivity index (χ3v) is 1.62. The minimum Gasteiger partial charge on any atom is -0.103 e. The van der Waals surface area contributed by atoms with E-state index >= 15 is 0 Å². The van der Waals surface area contributed by atoms with E-state index in [0.717, 1.165) is 5.92 Å². The fourth-order valence-electron chi connectivity index (χ4n) is 0.955. The molecular formula is C9H18. The van der Waals surface area contributed by atoms with Crippen LogP contribution in [0.2, 0.25) is 0 Å². The number of unbranched alkanes of at least 4 members (excludes halogenated alkanes) is 1. The zero-order chi connectivity index (χ0) is 7.11. The second-order valence-electron chi connectivity index (χ2n) is 2.77. The highest BCUT2D eigenvalue weighted by Gasteiger charge is 1.96. The van der Waals surface area contributed by atoms with Crippen LogP contribution in [0.1, 0.15) is 39.5 Å². The molecular weight excluding hydrogens is 108 g/mol. The van der Waals surface area contributed by atoms with Crippen LogP contribution in [0.15, 0.2) is 12.7 Å². The molecule has 0 N–H and O–H groups in total. The number of hydrogen-bond acceptors (Lipinski definition) is 0. The molecule has 0 heterocycles. The van der Waals surface area contributed by atoms with Crippen molar-refractivity contribution < 1.29 is 0 Å². The van der Waals surface area contributed by atoms with Crippen LogP contribution in [0.4, 0.5) is 0 Å². The van der Waals surface area contributed by atoms with Crippen LogP contribution in [0, 0.1) is 5.92 Å². The van der Waals surface area contributed by atoms with E-state index < -0.39 is 0 Å². The van der Waals surface area contributed by atoms with Crippen molar-refractivity contribution in [3.8, 4) is 0 Å². The van der Waals surface area contributed by atoms with Gasteiger partial charge in [0, 0.05) is 0 Å². The van der Waals surface area contributed by atoms with Gasteiger partial charge in [-0.05, 0) is 12.3 Å². The Morgan fingerprint density at radius 2 is 2.22 bits per heavy atom. The molecule has 0 aromatic heterocycles. The summed E-state index contributed by atoms with van der Waals surface area (Å²) in [7, 11) is 0. The standard InChI is InChI=1S/C9H18/c1-4-6-8-9(3)7-5-2/h5,9H,2,4,6-8H2,1,3H3/t9-/m0/s1. The Labute approximate surface area is 59.0 Å². The first-order chi connectivity index (χ1) is 4.31. The summed E-state index contributed by atoms with van der Waals surface area (Å²) in [6.07, 6.45) is 7.25. The van der Waals surface area contributed by atoms with Gasteiger partial charge in [-0.15, -0.1) is 6.58 Å². The number of rotatable bonds is 5. The monoisotopic (exact) mass is 126 g/mol. The molecule has 1 atom stereocenters. The van der Waals surface area contributed by atoms with Gasteiger partial charge >= 0.3 is 0 Å². The van der Waals surface area contributed by atoms with Gasteiger partial charge in [-0.2, -0.15) is 0 Å². The van der Waals surface area contributed by atoms with Crippen molar-refractivity contribution in [3.63, 3.8) is 0 Å². The van der Waals surface area contributed by atoms with E-state index in [1.54, 1.807) is 0 Å². The maximum Gasteiger partial charge on any atom is -0.0328 e. The first kappa shape index (κ1) is 8.74. The summed E-state index contributed by atoms with van der Waals surface area (Å²) in [4.78, 5) is 0. The van der Waals surface area contributed by atoms with Crippen molar-refractivity contribution in [3.05, 3.63) is 12.7 Å². The lowest BCUT2D eigenvalue weighted by Gasteiger charge is -2.05. The van der Waals surface area contributed by atoms with E-state index in [-0.39, 0.29) is 0 Å². The maximum atomic E-state index is 3.71. The smallest absolute Gasteiger partial charge is 0.0328 e. The molecule has 0 fully saturated rings. The molecule has 0 nitrogen and oxygen atoms in total. The Bertz CT molecular complexity index is 64.4. The zero-order valence-electron chi connectivity index (χ0n) is 6.69. The van der Waals surface area contributed by atoms with E-state index in [2.05, 4.69) is 20.4 Å². The van der Waals surface area contributed by atoms with Gasteiger partial charge in [-0.1, -0.05) is 39.2 Å². The summed E-state index contributed by atoms with van der Waals surface area (Å²) in [5.41, 5.74) is 0. The molecule has 0 aromatic carbocycles. The lowest BCUT2D eigenvalue weighted by Crippen LogP contribution is -1.90. The van der Waals surface area contributed by atoms with Crippen LogP contribution in [-0.2, 0) is 0 Å². The average molecular weight is 126 g/mol. The van der Waals surface area contributed by atoms with Gasteiger partial charge in [0.05, 0.1) is 0 Å². The van der Waals surface area contributed by atoms with Gasteiger partial charge < -0.3 is 0 Å². The molecule has 0 radical (unpaired) electrons. The minimum absolute atomic E-state index is 0.849. The van der Waals surface area contributed by atoms with Gasteiger partial charge in [0.1, 0.15) is 0 Å². The van der Waals surface area contributed by atoms with Crippen molar-refractivity contribution >= 4 is 0 Å². The fourth-order valence-corrected chi connectivity index (χ4v) is 0.955. The molecule has 0 saturated carbocycles. The van der Waals surface area contributed by atoms with Gasteiger partial charge in [0.2, 0.25) is 0 Å². The van der Waals surface area contributed by atoms with E-state index in [1.807, 2.05) is 6.08 Å². The molecule has 54 valence electrons. The summed E-state index contributed by atoms with van der Waals surface area (Å²) in [6, 6.07) is 0. The molecule has 0 saturated heterocycles. The Balaban J connectivity index is 3.04. The van der Waals surface area contributed by atoms with Crippen LogP contribution in [-0.4, -0.2) is 0 Å². The Morgan fingerprint density at radius 1 is 1.56 bits per heavy atom. The normalized spacial score (nSPS) is 13.1. The van der Waals surface area contributed by atoms with E-state index in [9.17, 15) is 0 Å². The van der Waals surface area contributed by atoms with Crippen LogP contribution in [0.3, 0.4) is 0 Å². The van der Waals surface area contributed by atoms with Crippen LogP contribution in [0.5, 0.6) is 0 Å². The van der Waals surface area contributed by atoms with E-state index in [1.165, 1.54) is 25.7 Å². The minimum atomic E-state index is 0.849.